The molecule has 90 valence electrons. The number of ether oxygens (including phenoxy) is 1. The SMILES string of the molecule is CC(=O)OCC1C(C)=CCC(C=O)C1(C)C. The summed E-state index contributed by atoms with van der Waals surface area (Å²) in [6.07, 6.45) is 3.89. The average Bonchev–Trinajstić information content (AvgIpc) is 2.16. The van der Waals surface area contributed by atoms with Gasteiger partial charge in [-0.1, -0.05) is 25.5 Å². The molecule has 1 rings (SSSR count). The Labute approximate surface area is 96.9 Å². The summed E-state index contributed by atoms with van der Waals surface area (Å²) in [5.41, 5.74) is 1.07. The first-order chi connectivity index (χ1) is 7.39. The van der Waals surface area contributed by atoms with Crippen molar-refractivity contribution in [3.63, 3.8) is 0 Å². The zero-order chi connectivity index (χ0) is 12.3. The zero-order valence-corrected chi connectivity index (χ0v) is 10.4. The molecule has 0 spiro atoms. The van der Waals surface area contributed by atoms with E-state index in [1.807, 2.05) is 6.92 Å². The topological polar surface area (TPSA) is 43.4 Å². The summed E-state index contributed by atoms with van der Waals surface area (Å²) in [6.45, 7) is 7.95. The van der Waals surface area contributed by atoms with Crippen LogP contribution in [0.2, 0.25) is 0 Å². The van der Waals surface area contributed by atoms with Gasteiger partial charge in [0.1, 0.15) is 6.29 Å². The van der Waals surface area contributed by atoms with Gasteiger partial charge in [-0.15, -0.1) is 0 Å². The lowest BCUT2D eigenvalue weighted by Gasteiger charge is -2.42. The molecule has 3 nitrogen and oxygen atoms in total. The summed E-state index contributed by atoms with van der Waals surface area (Å²) in [6, 6.07) is 0. The molecule has 2 unspecified atom stereocenters. The maximum Gasteiger partial charge on any atom is 0.302 e. The van der Waals surface area contributed by atoms with Crippen LogP contribution in [-0.2, 0) is 14.3 Å². The van der Waals surface area contributed by atoms with Gasteiger partial charge < -0.3 is 9.53 Å². The number of carbonyl (C=O) groups is 2. The van der Waals surface area contributed by atoms with Crippen molar-refractivity contribution in [1.82, 2.24) is 0 Å². The van der Waals surface area contributed by atoms with E-state index in [1.54, 1.807) is 0 Å². The molecule has 0 heterocycles. The molecule has 0 N–H and O–H groups in total. The number of allylic oxidation sites excluding steroid dienone is 1. The van der Waals surface area contributed by atoms with Crippen LogP contribution in [0, 0.1) is 17.3 Å². The molecular formula is C13H20O3. The molecule has 16 heavy (non-hydrogen) atoms. The molecule has 0 aromatic rings. The van der Waals surface area contributed by atoms with Crippen LogP contribution >= 0.6 is 0 Å². The minimum Gasteiger partial charge on any atom is -0.465 e. The van der Waals surface area contributed by atoms with E-state index in [2.05, 4.69) is 19.9 Å². The second-order valence-corrected chi connectivity index (χ2v) is 5.10. The highest BCUT2D eigenvalue weighted by Gasteiger charge is 2.40. The number of carbonyl (C=O) groups excluding carboxylic acids is 2. The Bertz CT molecular complexity index is 315. The molecule has 1 aliphatic rings. The van der Waals surface area contributed by atoms with Gasteiger partial charge in [-0.25, -0.2) is 0 Å². The van der Waals surface area contributed by atoms with Crippen LogP contribution in [0.3, 0.4) is 0 Å². The molecule has 0 bridgehead atoms. The van der Waals surface area contributed by atoms with Crippen molar-refractivity contribution in [2.24, 2.45) is 17.3 Å². The molecule has 0 aromatic carbocycles. The highest BCUT2D eigenvalue weighted by atomic mass is 16.5. The fourth-order valence-electron chi connectivity index (χ4n) is 2.38. The van der Waals surface area contributed by atoms with E-state index in [9.17, 15) is 9.59 Å². The van der Waals surface area contributed by atoms with Gasteiger partial charge in [0, 0.05) is 18.8 Å². The fourth-order valence-corrected chi connectivity index (χ4v) is 2.38. The minimum absolute atomic E-state index is 0.0109. The molecular weight excluding hydrogens is 204 g/mol. The van der Waals surface area contributed by atoms with Crippen molar-refractivity contribution in [3.8, 4) is 0 Å². The Morgan fingerprint density at radius 1 is 1.62 bits per heavy atom. The van der Waals surface area contributed by atoms with E-state index in [1.165, 1.54) is 12.5 Å². The maximum absolute atomic E-state index is 11.0. The summed E-state index contributed by atoms with van der Waals surface area (Å²) >= 11 is 0. The quantitative estimate of drug-likeness (QED) is 0.420. The second kappa shape index (κ2) is 4.81. The van der Waals surface area contributed by atoms with Gasteiger partial charge >= 0.3 is 5.97 Å². The molecule has 0 saturated carbocycles. The van der Waals surface area contributed by atoms with Crippen LogP contribution in [0.15, 0.2) is 11.6 Å². The summed E-state index contributed by atoms with van der Waals surface area (Å²) in [5.74, 6) is -0.117. The lowest BCUT2D eigenvalue weighted by atomic mass is 9.63. The highest BCUT2D eigenvalue weighted by Crippen LogP contribution is 2.44. The van der Waals surface area contributed by atoms with Gasteiger partial charge in [0.15, 0.2) is 0 Å². The normalized spacial score (nSPS) is 28.1. The van der Waals surface area contributed by atoms with Gasteiger partial charge in [0.05, 0.1) is 6.61 Å². The lowest BCUT2D eigenvalue weighted by molar-refractivity contribution is -0.143. The Morgan fingerprint density at radius 3 is 2.75 bits per heavy atom. The van der Waals surface area contributed by atoms with E-state index < -0.39 is 0 Å². The van der Waals surface area contributed by atoms with Crippen LogP contribution in [-0.4, -0.2) is 18.9 Å². The van der Waals surface area contributed by atoms with Crippen LogP contribution in [0.4, 0.5) is 0 Å². The van der Waals surface area contributed by atoms with E-state index >= 15 is 0 Å². The molecule has 0 aliphatic heterocycles. The predicted octanol–water partition coefficient (Wildman–Crippen LogP) is 2.36. The Kier molecular flexibility index (Phi) is 3.89. The first-order valence-corrected chi connectivity index (χ1v) is 5.65. The lowest BCUT2D eigenvalue weighted by Crippen LogP contribution is -2.39. The molecule has 0 fully saturated rings. The number of hydrogen-bond acceptors (Lipinski definition) is 3. The van der Waals surface area contributed by atoms with Crippen molar-refractivity contribution in [3.05, 3.63) is 11.6 Å². The number of aldehydes is 1. The smallest absolute Gasteiger partial charge is 0.302 e. The third-order valence-electron chi connectivity index (χ3n) is 3.71. The molecule has 1 aliphatic carbocycles. The van der Waals surface area contributed by atoms with Crippen LogP contribution < -0.4 is 0 Å². The summed E-state index contributed by atoms with van der Waals surface area (Å²) < 4.78 is 5.08. The zero-order valence-electron chi connectivity index (χ0n) is 10.4. The van der Waals surface area contributed by atoms with Crippen molar-refractivity contribution in [1.29, 1.82) is 0 Å². The Hall–Kier alpha value is -1.12. The van der Waals surface area contributed by atoms with Crippen LogP contribution in [0.1, 0.15) is 34.1 Å². The molecule has 0 aromatic heterocycles. The van der Waals surface area contributed by atoms with Crippen LogP contribution in [0.25, 0.3) is 0 Å². The Morgan fingerprint density at radius 2 is 2.25 bits per heavy atom. The third kappa shape index (κ3) is 2.52. The van der Waals surface area contributed by atoms with E-state index in [4.69, 9.17) is 4.74 Å². The molecule has 0 radical (unpaired) electrons. The van der Waals surface area contributed by atoms with Gasteiger partial charge in [-0.05, 0) is 18.8 Å². The maximum atomic E-state index is 11.0. The Balaban J connectivity index is 2.85. The van der Waals surface area contributed by atoms with Crippen molar-refractivity contribution >= 4 is 12.3 Å². The average molecular weight is 224 g/mol. The second-order valence-electron chi connectivity index (χ2n) is 5.10. The first-order valence-electron chi connectivity index (χ1n) is 5.65. The standard InChI is InChI=1S/C13H20O3/c1-9-5-6-11(7-14)13(3,4)12(9)8-16-10(2)15/h5,7,11-12H,6,8H2,1-4H3. The first kappa shape index (κ1) is 12.9. The predicted molar refractivity (Wildman–Crippen MR) is 61.8 cm³/mol. The van der Waals surface area contributed by atoms with Gasteiger partial charge in [-0.3, -0.25) is 4.79 Å². The molecule has 0 amide bonds. The third-order valence-corrected chi connectivity index (χ3v) is 3.71. The summed E-state index contributed by atoms with van der Waals surface area (Å²) in [7, 11) is 0. The summed E-state index contributed by atoms with van der Waals surface area (Å²) in [4.78, 5) is 21.9. The number of esters is 1. The molecule has 2 atom stereocenters. The van der Waals surface area contributed by atoms with Crippen molar-refractivity contribution in [2.75, 3.05) is 6.61 Å². The van der Waals surface area contributed by atoms with Crippen LogP contribution in [0.5, 0.6) is 0 Å². The molecule has 3 heteroatoms. The van der Waals surface area contributed by atoms with E-state index in [-0.39, 0.29) is 23.2 Å². The van der Waals surface area contributed by atoms with E-state index in [0.717, 1.165) is 12.7 Å². The fraction of sp³-hybridized carbons (Fsp3) is 0.692. The molecule has 0 saturated heterocycles. The largest absolute Gasteiger partial charge is 0.465 e. The van der Waals surface area contributed by atoms with Gasteiger partial charge in [-0.2, -0.15) is 0 Å². The monoisotopic (exact) mass is 224 g/mol. The van der Waals surface area contributed by atoms with E-state index in [0.29, 0.717) is 6.61 Å². The van der Waals surface area contributed by atoms with Crippen molar-refractivity contribution in [2.45, 2.75) is 34.1 Å². The van der Waals surface area contributed by atoms with Crippen molar-refractivity contribution < 1.29 is 14.3 Å². The highest BCUT2D eigenvalue weighted by molar-refractivity contribution is 5.66. The number of hydrogen-bond donors (Lipinski definition) is 0. The van der Waals surface area contributed by atoms with Gasteiger partial charge in [0.2, 0.25) is 0 Å². The van der Waals surface area contributed by atoms with Gasteiger partial charge in [0.25, 0.3) is 0 Å². The minimum atomic E-state index is -0.267. The number of rotatable bonds is 3. The summed E-state index contributed by atoms with van der Waals surface area (Å²) in [5, 5.41) is 0.